The van der Waals surface area contributed by atoms with Gasteiger partial charge >= 0.3 is 0 Å². The van der Waals surface area contributed by atoms with Gasteiger partial charge in [-0.25, -0.2) is 0 Å². The molecule has 1 atom stereocenters. The van der Waals surface area contributed by atoms with Gasteiger partial charge in [-0.3, -0.25) is 0 Å². The van der Waals surface area contributed by atoms with Crippen LogP contribution >= 0.6 is 11.6 Å². The van der Waals surface area contributed by atoms with Crippen LogP contribution in [0, 0.1) is 12.3 Å². The number of halogens is 1. The fourth-order valence-electron chi connectivity index (χ4n) is 1.71. The van der Waals surface area contributed by atoms with E-state index < -0.39 is 5.60 Å². The lowest BCUT2D eigenvalue weighted by molar-refractivity contribution is -0.0557. The summed E-state index contributed by atoms with van der Waals surface area (Å²) in [6.45, 7) is 8.01. The van der Waals surface area contributed by atoms with E-state index >= 15 is 0 Å². The highest BCUT2D eigenvalue weighted by Crippen LogP contribution is 2.39. The average molecular weight is 242 g/mol. The maximum Gasteiger partial charge on any atom is 0.107 e. The molecule has 0 aromatic heterocycles. The molecule has 0 heterocycles. The molecule has 1 rings (SSSR count). The summed E-state index contributed by atoms with van der Waals surface area (Å²) in [6.07, 6.45) is 0. The molecule has 0 amide bonds. The maximum atomic E-state index is 10.7. The van der Waals surface area contributed by atoms with Gasteiger partial charge in [-0.2, -0.15) is 0 Å². The van der Waals surface area contributed by atoms with Crippen molar-refractivity contribution in [2.45, 2.75) is 33.3 Å². The molecule has 0 aliphatic rings. The molecule has 0 bridgehead atoms. The number of rotatable bonds is 2. The third kappa shape index (κ3) is 2.24. The van der Waals surface area contributed by atoms with E-state index in [0.29, 0.717) is 5.02 Å². The van der Waals surface area contributed by atoms with Gasteiger partial charge in [-0.05, 0) is 29.5 Å². The molecule has 0 aliphatic heterocycles. The van der Waals surface area contributed by atoms with Gasteiger partial charge in [0.1, 0.15) is 5.60 Å². The molecule has 0 radical (unpaired) electrons. The van der Waals surface area contributed by atoms with Crippen molar-refractivity contribution in [1.82, 2.24) is 0 Å². The molecule has 3 heteroatoms. The summed E-state index contributed by atoms with van der Waals surface area (Å²) in [5.74, 6) is 0. The maximum absolute atomic E-state index is 10.7. The Kier molecular flexibility index (Phi) is 3.68. The van der Waals surface area contributed by atoms with E-state index in [0.717, 1.165) is 11.1 Å². The zero-order valence-corrected chi connectivity index (χ0v) is 11.1. The molecular formula is C13H20ClNO. The molecule has 16 heavy (non-hydrogen) atoms. The summed E-state index contributed by atoms with van der Waals surface area (Å²) in [6, 6.07) is 5.60. The number of hydrogen-bond donors (Lipinski definition) is 2. The molecule has 1 aromatic carbocycles. The van der Waals surface area contributed by atoms with Crippen molar-refractivity contribution < 1.29 is 5.11 Å². The number of benzene rings is 1. The van der Waals surface area contributed by atoms with Gasteiger partial charge in [0.2, 0.25) is 0 Å². The Morgan fingerprint density at radius 3 is 2.25 bits per heavy atom. The van der Waals surface area contributed by atoms with E-state index in [9.17, 15) is 5.11 Å². The van der Waals surface area contributed by atoms with Gasteiger partial charge in [0.15, 0.2) is 0 Å². The van der Waals surface area contributed by atoms with Crippen LogP contribution in [0.3, 0.4) is 0 Å². The van der Waals surface area contributed by atoms with E-state index in [4.69, 9.17) is 17.3 Å². The molecule has 2 nitrogen and oxygen atoms in total. The quantitative estimate of drug-likeness (QED) is 0.837. The molecule has 0 fully saturated rings. The molecule has 0 spiro atoms. The molecule has 1 aromatic rings. The summed E-state index contributed by atoms with van der Waals surface area (Å²) in [4.78, 5) is 0. The largest absolute Gasteiger partial charge is 0.383 e. The second-order valence-electron chi connectivity index (χ2n) is 5.28. The Bertz CT molecular complexity index is 384. The third-order valence-electron chi connectivity index (χ3n) is 3.19. The summed E-state index contributed by atoms with van der Waals surface area (Å²) >= 11 is 6.08. The smallest absolute Gasteiger partial charge is 0.107 e. The van der Waals surface area contributed by atoms with Crippen molar-refractivity contribution in [3.05, 3.63) is 34.3 Å². The molecular weight excluding hydrogens is 222 g/mol. The van der Waals surface area contributed by atoms with Crippen LogP contribution in [0.25, 0.3) is 0 Å². The lowest BCUT2D eigenvalue weighted by atomic mass is 9.72. The molecule has 0 saturated carbocycles. The summed E-state index contributed by atoms with van der Waals surface area (Å²) in [5, 5.41) is 11.3. The molecule has 0 saturated heterocycles. The van der Waals surface area contributed by atoms with Crippen molar-refractivity contribution in [2.75, 3.05) is 6.54 Å². The van der Waals surface area contributed by atoms with Crippen LogP contribution in [0.4, 0.5) is 0 Å². The Balaban J connectivity index is 3.29. The van der Waals surface area contributed by atoms with Gasteiger partial charge in [0, 0.05) is 11.6 Å². The van der Waals surface area contributed by atoms with E-state index in [1.54, 1.807) is 6.07 Å². The number of nitrogens with two attached hydrogens (primary N) is 1. The van der Waals surface area contributed by atoms with Crippen LogP contribution < -0.4 is 5.73 Å². The first kappa shape index (κ1) is 13.5. The predicted molar refractivity (Wildman–Crippen MR) is 68.6 cm³/mol. The van der Waals surface area contributed by atoms with Crippen LogP contribution in [-0.4, -0.2) is 11.7 Å². The van der Waals surface area contributed by atoms with Crippen molar-refractivity contribution in [1.29, 1.82) is 0 Å². The van der Waals surface area contributed by atoms with Gasteiger partial charge in [0.25, 0.3) is 0 Å². The highest BCUT2D eigenvalue weighted by molar-refractivity contribution is 6.31. The first-order valence-electron chi connectivity index (χ1n) is 5.41. The first-order chi connectivity index (χ1) is 7.22. The lowest BCUT2D eigenvalue weighted by Crippen LogP contribution is -2.46. The zero-order chi connectivity index (χ0) is 12.6. The predicted octanol–water partition coefficient (Wildman–Crippen LogP) is 2.84. The molecule has 3 N–H and O–H groups in total. The topological polar surface area (TPSA) is 46.2 Å². The van der Waals surface area contributed by atoms with Crippen LogP contribution in [0.1, 0.15) is 31.9 Å². The standard InChI is InChI=1S/C13H20ClNO/c1-9-5-6-10(7-11(9)14)13(16,8-15)12(2,3)4/h5-7,16H,8,15H2,1-4H3. The third-order valence-corrected chi connectivity index (χ3v) is 3.59. The van der Waals surface area contributed by atoms with Gasteiger partial charge in [-0.1, -0.05) is 44.5 Å². The van der Waals surface area contributed by atoms with Crippen LogP contribution in [0.15, 0.2) is 18.2 Å². The van der Waals surface area contributed by atoms with Gasteiger partial charge < -0.3 is 10.8 Å². The van der Waals surface area contributed by atoms with Crippen molar-refractivity contribution in [2.24, 2.45) is 11.1 Å². The van der Waals surface area contributed by atoms with Gasteiger partial charge in [0.05, 0.1) is 0 Å². The second-order valence-corrected chi connectivity index (χ2v) is 5.69. The Hall–Kier alpha value is -0.570. The van der Waals surface area contributed by atoms with Crippen molar-refractivity contribution in [3.63, 3.8) is 0 Å². The van der Waals surface area contributed by atoms with Crippen LogP contribution in [-0.2, 0) is 5.60 Å². The van der Waals surface area contributed by atoms with E-state index in [-0.39, 0.29) is 12.0 Å². The monoisotopic (exact) mass is 241 g/mol. The van der Waals surface area contributed by atoms with Gasteiger partial charge in [-0.15, -0.1) is 0 Å². The second kappa shape index (κ2) is 4.36. The summed E-state index contributed by atoms with van der Waals surface area (Å²) in [7, 11) is 0. The summed E-state index contributed by atoms with van der Waals surface area (Å²) < 4.78 is 0. The number of aliphatic hydroxyl groups is 1. The van der Waals surface area contributed by atoms with E-state index in [1.165, 1.54) is 0 Å². The minimum Gasteiger partial charge on any atom is -0.383 e. The Morgan fingerprint density at radius 1 is 1.31 bits per heavy atom. The normalized spacial score (nSPS) is 15.9. The van der Waals surface area contributed by atoms with Crippen LogP contribution in [0.5, 0.6) is 0 Å². The SMILES string of the molecule is Cc1ccc(C(O)(CN)C(C)(C)C)cc1Cl. The minimum absolute atomic E-state index is 0.176. The minimum atomic E-state index is -1.05. The van der Waals surface area contributed by atoms with Crippen molar-refractivity contribution in [3.8, 4) is 0 Å². The number of hydrogen-bond acceptors (Lipinski definition) is 2. The highest BCUT2D eigenvalue weighted by Gasteiger charge is 2.40. The number of aryl methyl sites for hydroxylation is 1. The molecule has 0 aliphatic carbocycles. The molecule has 1 unspecified atom stereocenters. The fourth-order valence-corrected chi connectivity index (χ4v) is 1.89. The zero-order valence-electron chi connectivity index (χ0n) is 10.3. The van der Waals surface area contributed by atoms with E-state index in [1.807, 2.05) is 39.8 Å². The molecule has 90 valence electrons. The van der Waals surface area contributed by atoms with Crippen LogP contribution in [0.2, 0.25) is 5.02 Å². The fraction of sp³-hybridized carbons (Fsp3) is 0.538. The van der Waals surface area contributed by atoms with E-state index in [2.05, 4.69) is 0 Å². The van der Waals surface area contributed by atoms with Crippen molar-refractivity contribution >= 4 is 11.6 Å². The summed E-state index contributed by atoms with van der Waals surface area (Å²) in [5.41, 5.74) is 6.11. The highest BCUT2D eigenvalue weighted by atomic mass is 35.5. The first-order valence-corrected chi connectivity index (χ1v) is 5.79. The average Bonchev–Trinajstić information content (AvgIpc) is 2.19. The Morgan fingerprint density at radius 2 is 1.88 bits per heavy atom. The lowest BCUT2D eigenvalue weighted by Gasteiger charge is -2.40. The Labute approximate surface area is 102 Å².